The first kappa shape index (κ1) is 7.53. The van der Waals surface area contributed by atoms with Crippen molar-refractivity contribution in [2.24, 2.45) is 0 Å². The van der Waals surface area contributed by atoms with E-state index in [0.717, 1.165) is 11.1 Å². The molecule has 0 aliphatic heterocycles. The van der Waals surface area contributed by atoms with Gasteiger partial charge in [0.05, 0.1) is 6.61 Å². The molecule has 0 aromatic heterocycles. The average molecular weight is 162 g/mol. The summed E-state index contributed by atoms with van der Waals surface area (Å²) in [7, 11) is 0. The van der Waals surface area contributed by atoms with E-state index in [4.69, 9.17) is 5.11 Å². The molecule has 0 saturated carbocycles. The molecule has 1 aliphatic carbocycles. The number of benzene rings is 1. The van der Waals surface area contributed by atoms with Gasteiger partial charge >= 0.3 is 0 Å². The highest BCUT2D eigenvalue weighted by atomic mass is 16.3. The minimum atomic E-state index is -1.04. The van der Waals surface area contributed by atoms with Gasteiger partial charge in [-0.3, -0.25) is 0 Å². The maximum absolute atomic E-state index is 9.51. The predicted octanol–water partition coefficient (Wildman–Crippen LogP) is 0.807. The fraction of sp³-hybridized carbons (Fsp3) is 0.200. The number of rotatable bonds is 2. The molecule has 0 saturated heterocycles. The molecule has 0 radical (unpaired) electrons. The molecule has 1 aromatic rings. The highest BCUT2D eigenvalue weighted by Crippen LogP contribution is 2.41. The van der Waals surface area contributed by atoms with E-state index >= 15 is 0 Å². The van der Waals surface area contributed by atoms with Crippen molar-refractivity contribution < 1.29 is 10.2 Å². The molecule has 0 amide bonds. The summed E-state index contributed by atoms with van der Waals surface area (Å²) in [5.74, 6) is 0. The SMILES string of the molecule is OCC1(O)C=C1c1ccccc1. The molecule has 12 heavy (non-hydrogen) atoms. The van der Waals surface area contributed by atoms with E-state index in [-0.39, 0.29) is 6.61 Å². The summed E-state index contributed by atoms with van der Waals surface area (Å²) < 4.78 is 0. The Morgan fingerprint density at radius 1 is 1.17 bits per heavy atom. The smallest absolute Gasteiger partial charge is 0.132 e. The number of aliphatic hydroxyl groups excluding tert-OH is 1. The van der Waals surface area contributed by atoms with Gasteiger partial charge in [0.2, 0.25) is 0 Å². The molecule has 1 unspecified atom stereocenters. The van der Waals surface area contributed by atoms with Crippen molar-refractivity contribution >= 4 is 5.57 Å². The number of aliphatic hydroxyl groups is 2. The third kappa shape index (κ3) is 1.05. The molecule has 0 heterocycles. The van der Waals surface area contributed by atoms with Gasteiger partial charge in [0.15, 0.2) is 0 Å². The van der Waals surface area contributed by atoms with Crippen LogP contribution in [-0.2, 0) is 0 Å². The van der Waals surface area contributed by atoms with Crippen LogP contribution in [0.15, 0.2) is 36.4 Å². The normalized spacial score (nSPS) is 26.7. The Morgan fingerprint density at radius 2 is 1.83 bits per heavy atom. The van der Waals surface area contributed by atoms with Crippen LogP contribution in [0.5, 0.6) is 0 Å². The third-order valence-electron chi connectivity index (χ3n) is 2.09. The van der Waals surface area contributed by atoms with Crippen LogP contribution in [0.4, 0.5) is 0 Å². The zero-order chi connectivity index (χ0) is 8.60. The van der Waals surface area contributed by atoms with Gasteiger partial charge in [0.1, 0.15) is 5.60 Å². The summed E-state index contributed by atoms with van der Waals surface area (Å²) in [6.07, 6.45) is 1.67. The van der Waals surface area contributed by atoms with Crippen LogP contribution in [0, 0.1) is 0 Å². The van der Waals surface area contributed by atoms with Crippen LogP contribution in [0.1, 0.15) is 5.56 Å². The van der Waals surface area contributed by atoms with Crippen molar-refractivity contribution in [3.05, 3.63) is 42.0 Å². The second kappa shape index (κ2) is 2.44. The Morgan fingerprint density at radius 3 is 2.33 bits per heavy atom. The van der Waals surface area contributed by atoms with Crippen molar-refractivity contribution in [1.29, 1.82) is 0 Å². The Balaban J connectivity index is 2.21. The van der Waals surface area contributed by atoms with Crippen molar-refractivity contribution in [3.63, 3.8) is 0 Å². The molecular weight excluding hydrogens is 152 g/mol. The van der Waals surface area contributed by atoms with E-state index in [1.54, 1.807) is 6.08 Å². The Labute approximate surface area is 70.8 Å². The summed E-state index contributed by atoms with van der Waals surface area (Å²) >= 11 is 0. The average Bonchev–Trinajstić information content (AvgIpc) is 2.81. The summed E-state index contributed by atoms with van der Waals surface area (Å²) in [4.78, 5) is 0. The molecule has 0 spiro atoms. The van der Waals surface area contributed by atoms with Gasteiger partial charge in [-0.05, 0) is 17.2 Å². The molecule has 0 fully saturated rings. The molecule has 2 rings (SSSR count). The van der Waals surface area contributed by atoms with Crippen molar-refractivity contribution in [2.75, 3.05) is 6.61 Å². The quantitative estimate of drug-likeness (QED) is 0.675. The van der Waals surface area contributed by atoms with Crippen molar-refractivity contribution in [3.8, 4) is 0 Å². The topological polar surface area (TPSA) is 40.5 Å². The lowest BCUT2D eigenvalue weighted by molar-refractivity contribution is 0.101. The lowest BCUT2D eigenvalue weighted by Crippen LogP contribution is -2.17. The van der Waals surface area contributed by atoms with Crippen LogP contribution in [0.3, 0.4) is 0 Å². The Kier molecular flexibility index (Phi) is 1.53. The van der Waals surface area contributed by atoms with Gasteiger partial charge in [0.25, 0.3) is 0 Å². The molecule has 2 heteroatoms. The number of hydrogen-bond donors (Lipinski definition) is 2. The fourth-order valence-electron chi connectivity index (χ4n) is 1.28. The maximum Gasteiger partial charge on any atom is 0.132 e. The second-order valence-corrected chi connectivity index (χ2v) is 3.01. The van der Waals surface area contributed by atoms with E-state index < -0.39 is 5.60 Å². The third-order valence-corrected chi connectivity index (χ3v) is 2.09. The lowest BCUT2D eigenvalue weighted by atomic mass is 10.1. The zero-order valence-corrected chi connectivity index (χ0v) is 6.57. The minimum absolute atomic E-state index is 0.225. The van der Waals surface area contributed by atoms with Crippen LogP contribution in [0.25, 0.3) is 5.57 Å². The summed E-state index contributed by atoms with van der Waals surface area (Å²) in [6.45, 7) is -0.225. The molecule has 1 aromatic carbocycles. The molecule has 0 bridgehead atoms. The molecule has 1 atom stereocenters. The first-order chi connectivity index (χ1) is 5.76. The first-order valence-corrected chi connectivity index (χ1v) is 3.88. The van der Waals surface area contributed by atoms with Crippen LogP contribution in [0.2, 0.25) is 0 Å². The predicted molar refractivity (Wildman–Crippen MR) is 46.5 cm³/mol. The zero-order valence-electron chi connectivity index (χ0n) is 6.57. The van der Waals surface area contributed by atoms with Gasteiger partial charge in [-0.15, -0.1) is 0 Å². The van der Waals surface area contributed by atoms with Gasteiger partial charge in [0, 0.05) is 0 Å². The van der Waals surface area contributed by atoms with Crippen LogP contribution < -0.4 is 0 Å². The van der Waals surface area contributed by atoms with E-state index in [0.29, 0.717) is 0 Å². The van der Waals surface area contributed by atoms with E-state index in [1.165, 1.54) is 0 Å². The monoisotopic (exact) mass is 162 g/mol. The van der Waals surface area contributed by atoms with Crippen molar-refractivity contribution in [2.45, 2.75) is 5.60 Å². The van der Waals surface area contributed by atoms with Crippen LogP contribution in [-0.4, -0.2) is 22.4 Å². The summed E-state index contributed by atoms with van der Waals surface area (Å²) in [6, 6.07) is 9.57. The van der Waals surface area contributed by atoms with Gasteiger partial charge in [-0.1, -0.05) is 30.3 Å². The molecule has 1 aliphatic rings. The molecule has 62 valence electrons. The highest BCUT2D eigenvalue weighted by Gasteiger charge is 2.41. The van der Waals surface area contributed by atoms with Gasteiger partial charge in [-0.25, -0.2) is 0 Å². The second-order valence-electron chi connectivity index (χ2n) is 3.01. The van der Waals surface area contributed by atoms with Gasteiger partial charge < -0.3 is 10.2 Å². The largest absolute Gasteiger partial charge is 0.393 e. The molecule has 2 nitrogen and oxygen atoms in total. The van der Waals surface area contributed by atoms with Crippen LogP contribution >= 0.6 is 0 Å². The summed E-state index contributed by atoms with van der Waals surface area (Å²) in [5.41, 5.74) is 0.765. The Hall–Kier alpha value is -1.12. The van der Waals surface area contributed by atoms with Crippen molar-refractivity contribution in [1.82, 2.24) is 0 Å². The molecule has 2 N–H and O–H groups in total. The maximum atomic E-state index is 9.51. The van der Waals surface area contributed by atoms with E-state index in [9.17, 15) is 5.11 Å². The highest BCUT2D eigenvalue weighted by molar-refractivity contribution is 5.87. The van der Waals surface area contributed by atoms with Gasteiger partial charge in [-0.2, -0.15) is 0 Å². The Bertz CT molecular complexity index is 316. The lowest BCUT2D eigenvalue weighted by Gasteiger charge is -2.06. The van der Waals surface area contributed by atoms with E-state index in [2.05, 4.69) is 0 Å². The first-order valence-electron chi connectivity index (χ1n) is 3.88. The minimum Gasteiger partial charge on any atom is -0.393 e. The molecular formula is C10H10O2. The van der Waals surface area contributed by atoms with E-state index in [1.807, 2.05) is 30.3 Å². The standard InChI is InChI=1S/C10H10O2/c11-7-10(12)6-9(10)8-4-2-1-3-5-8/h1-6,11-12H,7H2. The summed E-state index contributed by atoms with van der Waals surface area (Å²) in [5, 5.41) is 18.3. The fourth-order valence-corrected chi connectivity index (χ4v) is 1.28. The number of hydrogen-bond acceptors (Lipinski definition) is 2.